The number of carbonyl (C=O) groups excluding carboxylic acids is 2. The zero-order chi connectivity index (χ0) is 29.5. The number of hydrogen-bond acceptors (Lipinski definition) is 7. The molecule has 4 aromatic heterocycles. The molecule has 1 amide bonds. The summed E-state index contributed by atoms with van der Waals surface area (Å²) in [6.45, 7) is 0. The fourth-order valence-electron chi connectivity index (χ4n) is 4.05. The van der Waals surface area contributed by atoms with Gasteiger partial charge in [0.2, 0.25) is 5.91 Å². The number of hydrogen-bond donors (Lipinski definition) is 3. The van der Waals surface area contributed by atoms with Crippen molar-refractivity contribution in [1.29, 1.82) is 0 Å². The Labute approximate surface area is 245 Å². The number of aldehydes is 1. The van der Waals surface area contributed by atoms with Gasteiger partial charge in [0.25, 0.3) is 0 Å². The molecule has 1 aromatic carbocycles. The smallest absolute Gasteiger partial charge is 0.225 e. The number of likely N-dealkylation sites (N-methyl/N-ethyl adjacent to an activating group) is 1. The Morgan fingerprint density at radius 2 is 1.73 bits per heavy atom. The van der Waals surface area contributed by atoms with Crippen LogP contribution >= 0.6 is 11.3 Å². The lowest BCUT2D eigenvalue weighted by molar-refractivity contribution is -0.120. The first kappa shape index (κ1) is 31.4. The van der Waals surface area contributed by atoms with Gasteiger partial charge in [-0.25, -0.2) is 9.97 Å². The van der Waals surface area contributed by atoms with Gasteiger partial charge in [-0.05, 0) is 38.6 Å². The molecule has 10 nitrogen and oxygen atoms in total. The summed E-state index contributed by atoms with van der Waals surface area (Å²) in [7, 11) is 7.31. The summed E-state index contributed by atoms with van der Waals surface area (Å²) >= 11 is 1.54. The zero-order valence-corrected chi connectivity index (χ0v) is 25.1. The maximum atomic E-state index is 11.1. The molecular formula is C30H40N8O2S. The second kappa shape index (κ2) is 16.9. The van der Waals surface area contributed by atoms with Crippen LogP contribution in [-0.2, 0) is 29.5 Å². The number of fused-ring (bicyclic) bond motifs is 1. The summed E-state index contributed by atoms with van der Waals surface area (Å²) in [4.78, 5) is 34.3. The topological polar surface area (TPSA) is 122 Å². The Hall–Kier alpha value is -4.09. The number of rotatable bonds is 11. The lowest BCUT2D eigenvalue weighted by Crippen LogP contribution is -2.20. The van der Waals surface area contributed by atoms with E-state index in [0.717, 1.165) is 77.4 Å². The molecule has 4 heterocycles. The van der Waals surface area contributed by atoms with Crippen molar-refractivity contribution in [1.82, 2.24) is 39.8 Å². The van der Waals surface area contributed by atoms with E-state index < -0.39 is 0 Å². The van der Waals surface area contributed by atoms with E-state index >= 15 is 0 Å². The molecule has 0 atom stereocenters. The number of nitrogens with zero attached hydrogens (tertiary/aromatic N) is 5. The van der Waals surface area contributed by atoms with Crippen LogP contribution in [0.15, 0.2) is 60.5 Å². The van der Waals surface area contributed by atoms with Crippen molar-refractivity contribution in [2.45, 2.75) is 44.9 Å². The van der Waals surface area contributed by atoms with Gasteiger partial charge < -0.3 is 20.4 Å². The van der Waals surface area contributed by atoms with Crippen molar-refractivity contribution >= 4 is 28.5 Å². The molecule has 0 bridgehead atoms. The third kappa shape index (κ3) is 9.80. The van der Waals surface area contributed by atoms with Gasteiger partial charge in [-0.3, -0.25) is 13.9 Å². The molecule has 0 aliphatic carbocycles. The van der Waals surface area contributed by atoms with Crippen molar-refractivity contribution in [2.24, 2.45) is 7.05 Å². The lowest BCUT2D eigenvalue weighted by Gasteiger charge is -2.01. The molecule has 0 saturated heterocycles. The summed E-state index contributed by atoms with van der Waals surface area (Å²) in [6, 6.07) is 10.4. The Kier molecular flexibility index (Phi) is 12.9. The number of unbranched alkanes of at least 4 members (excludes halogenated alkanes) is 4. The third-order valence-electron chi connectivity index (χ3n) is 6.16. The van der Waals surface area contributed by atoms with Gasteiger partial charge >= 0.3 is 0 Å². The minimum atomic E-state index is 0.0217. The lowest BCUT2D eigenvalue weighted by atomic mass is 10.1. The van der Waals surface area contributed by atoms with Crippen molar-refractivity contribution < 1.29 is 9.59 Å². The average molecular weight is 577 g/mol. The van der Waals surface area contributed by atoms with Crippen LogP contribution in [0.3, 0.4) is 0 Å². The van der Waals surface area contributed by atoms with Gasteiger partial charge in [-0.2, -0.15) is 5.10 Å². The second-order valence-corrected chi connectivity index (χ2v) is 10.3. The summed E-state index contributed by atoms with van der Waals surface area (Å²) in [5.41, 5.74) is 5.25. The first-order valence-electron chi connectivity index (χ1n) is 13.8. The zero-order valence-electron chi connectivity index (χ0n) is 24.3. The van der Waals surface area contributed by atoms with Gasteiger partial charge in [-0.15, -0.1) is 11.3 Å². The molecule has 5 aromatic rings. The van der Waals surface area contributed by atoms with E-state index in [1.54, 1.807) is 24.6 Å². The van der Waals surface area contributed by atoms with Crippen LogP contribution in [0.5, 0.6) is 0 Å². The molecule has 0 aliphatic heterocycles. The fraction of sp³-hybridized carbons (Fsp3) is 0.367. The monoisotopic (exact) mass is 576 g/mol. The molecule has 11 heteroatoms. The number of H-pyrrole nitrogens is 1. The highest BCUT2D eigenvalue weighted by Crippen LogP contribution is 2.23. The Bertz CT molecular complexity index is 1470. The maximum absolute atomic E-state index is 11.1. The van der Waals surface area contributed by atoms with Crippen LogP contribution in [0.25, 0.3) is 27.5 Å². The second-order valence-electron chi connectivity index (χ2n) is 9.47. The number of thiazole rings is 1. The predicted octanol–water partition coefficient (Wildman–Crippen LogP) is 4.69. The largest absolute Gasteiger partial charge is 0.359 e. The highest BCUT2D eigenvalue weighted by molar-refractivity contribution is 7.15. The molecule has 218 valence electrons. The van der Waals surface area contributed by atoms with Crippen LogP contribution in [0.4, 0.5) is 0 Å². The summed E-state index contributed by atoms with van der Waals surface area (Å²) in [5, 5.41) is 11.7. The third-order valence-corrected chi connectivity index (χ3v) is 7.06. The van der Waals surface area contributed by atoms with E-state index in [0.29, 0.717) is 12.8 Å². The van der Waals surface area contributed by atoms with Crippen molar-refractivity contribution in [3.05, 3.63) is 72.0 Å². The van der Waals surface area contributed by atoms with E-state index in [9.17, 15) is 9.59 Å². The minimum absolute atomic E-state index is 0.0217. The molecule has 3 N–H and O–H groups in total. The van der Waals surface area contributed by atoms with Crippen LogP contribution in [0.1, 0.15) is 43.6 Å². The van der Waals surface area contributed by atoms with Crippen LogP contribution in [0, 0.1) is 0 Å². The number of amides is 1. The van der Waals surface area contributed by atoms with Crippen molar-refractivity contribution in [3.8, 4) is 22.5 Å². The number of imidazole rings is 2. The summed E-state index contributed by atoms with van der Waals surface area (Å²) < 4.78 is 3.74. The average Bonchev–Trinajstić information content (AvgIpc) is 3.79. The number of nitrogens with one attached hydrogen (secondary N) is 3. The SMILES string of the molecule is CNC.CNC(=O)Cc1csc2nccn12.Cn1ccc(-c2ccc(-c3cnc(CCCCCCC=O)[nH]3)cc2)n1. The highest BCUT2D eigenvalue weighted by Gasteiger charge is 2.08. The number of carbonyl (C=O) groups is 2. The molecule has 0 fully saturated rings. The Morgan fingerprint density at radius 3 is 2.41 bits per heavy atom. The quantitative estimate of drug-likeness (QED) is 0.155. The summed E-state index contributed by atoms with van der Waals surface area (Å²) in [5.74, 6) is 1.05. The van der Waals surface area contributed by atoms with Crippen LogP contribution < -0.4 is 10.6 Å². The number of aryl methyl sites for hydroxylation is 2. The maximum Gasteiger partial charge on any atom is 0.225 e. The van der Waals surface area contributed by atoms with Gasteiger partial charge in [0.05, 0.1) is 24.0 Å². The van der Waals surface area contributed by atoms with E-state index in [4.69, 9.17) is 0 Å². The minimum Gasteiger partial charge on any atom is -0.359 e. The summed E-state index contributed by atoms with van der Waals surface area (Å²) in [6.07, 6.45) is 14.8. The number of aromatic amines is 1. The van der Waals surface area contributed by atoms with E-state index in [2.05, 4.69) is 54.9 Å². The molecule has 0 aliphatic rings. The van der Waals surface area contributed by atoms with Crippen molar-refractivity contribution in [2.75, 3.05) is 21.1 Å². The Balaban J connectivity index is 0.000000241. The molecular weight excluding hydrogens is 536 g/mol. The van der Waals surface area contributed by atoms with E-state index in [-0.39, 0.29) is 5.91 Å². The molecule has 0 saturated carbocycles. The molecule has 0 unspecified atom stereocenters. The fourth-order valence-corrected chi connectivity index (χ4v) is 4.90. The van der Waals surface area contributed by atoms with Crippen LogP contribution in [0.2, 0.25) is 0 Å². The predicted molar refractivity (Wildman–Crippen MR) is 165 cm³/mol. The van der Waals surface area contributed by atoms with Gasteiger partial charge in [0, 0.05) is 62.2 Å². The van der Waals surface area contributed by atoms with E-state index in [1.165, 1.54) is 0 Å². The van der Waals surface area contributed by atoms with Gasteiger partial charge in [0.1, 0.15) is 12.1 Å². The standard InChI is InChI=1S/C20H24N4O.C8H9N3OS.C2H7N/c1-24-13-12-18(23-24)16-8-10-17(11-9-16)19-15-21-20(22-19)7-5-3-2-4-6-14-25;1-9-7(12)4-6-5-13-8-10-2-3-11(6)8;1-3-2/h8-15H,2-7H2,1H3,(H,21,22);2-3,5H,4H2,1H3,(H,9,12);3H,1-2H3. The molecule has 0 spiro atoms. The first-order valence-corrected chi connectivity index (χ1v) is 14.6. The normalized spacial score (nSPS) is 10.4. The molecule has 41 heavy (non-hydrogen) atoms. The van der Waals surface area contributed by atoms with Crippen LogP contribution in [-0.4, -0.2) is 62.5 Å². The molecule has 5 rings (SSSR count). The number of benzene rings is 1. The molecule has 0 radical (unpaired) electrons. The van der Waals surface area contributed by atoms with E-state index in [1.807, 2.05) is 60.3 Å². The highest BCUT2D eigenvalue weighted by atomic mass is 32.1. The van der Waals surface area contributed by atoms with Gasteiger partial charge in [0.15, 0.2) is 4.96 Å². The van der Waals surface area contributed by atoms with Gasteiger partial charge in [-0.1, -0.05) is 37.1 Å². The Morgan fingerprint density at radius 1 is 1.00 bits per heavy atom. The first-order chi connectivity index (χ1) is 20.0. The number of aromatic nitrogens is 6. The van der Waals surface area contributed by atoms with Crippen molar-refractivity contribution in [3.63, 3.8) is 0 Å².